The van der Waals surface area contributed by atoms with Gasteiger partial charge < -0.3 is 47.4 Å². The first-order chi connectivity index (χ1) is 34.5. The Morgan fingerprint density at radius 3 is 2.05 bits per heavy atom. The number of nitrogens with zero attached hydrogens (tertiary/aromatic N) is 2. The highest BCUT2D eigenvalue weighted by Gasteiger charge is 2.46. The van der Waals surface area contributed by atoms with Crippen molar-refractivity contribution in [2.24, 2.45) is 11.3 Å². The first-order valence-electron chi connectivity index (χ1n) is 25.2. The molecule has 396 valence electrons. The number of halogens is 1. The second-order valence-electron chi connectivity index (χ2n) is 20.6. The minimum absolute atomic E-state index is 0.0162. The molecule has 3 aromatic rings. The molecule has 3 aromatic carbocycles. The Bertz CT molecular complexity index is 2450. The maximum Gasteiger partial charge on any atom is 0.251 e. The first-order valence-corrected chi connectivity index (χ1v) is 25.5. The van der Waals surface area contributed by atoms with Crippen molar-refractivity contribution in [3.63, 3.8) is 0 Å². The van der Waals surface area contributed by atoms with E-state index in [2.05, 4.69) is 48.6 Å². The van der Waals surface area contributed by atoms with Crippen LogP contribution in [0.1, 0.15) is 131 Å². The highest BCUT2D eigenvalue weighted by atomic mass is 35.5. The van der Waals surface area contributed by atoms with Gasteiger partial charge in [0.05, 0.1) is 18.1 Å². The number of hydrogen-bond acceptors (Lipinski definition) is 10. The number of aryl methyl sites for hydroxylation is 1. The third kappa shape index (κ3) is 15.6. The summed E-state index contributed by atoms with van der Waals surface area (Å²) in [6.45, 7) is 14.0. The Balaban J connectivity index is 1.30. The second-order valence-corrected chi connectivity index (χ2v) is 21.2. The van der Waals surface area contributed by atoms with Crippen molar-refractivity contribution in [3.05, 3.63) is 107 Å². The predicted octanol–water partition coefficient (Wildman–Crippen LogP) is 3.82. The molecule has 0 unspecified atom stereocenters. The molecule has 18 nitrogen and oxygen atoms in total. The van der Waals surface area contributed by atoms with Gasteiger partial charge in [-0.2, -0.15) is 0 Å². The van der Waals surface area contributed by atoms with Gasteiger partial charge in [-0.1, -0.05) is 95.3 Å². The van der Waals surface area contributed by atoms with Crippen LogP contribution in [-0.4, -0.2) is 126 Å². The zero-order valence-corrected chi connectivity index (χ0v) is 44.5. The summed E-state index contributed by atoms with van der Waals surface area (Å²) < 4.78 is 1.19. The number of likely N-dealkylation sites (tertiary alicyclic amines) is 1. The van der Waals surface area contributed by atoms with Crippen LogP contribution in [0.3, 0.4) is 0 Å². The Labute approximate surface area is 434 Å². The molecular weight excluding hydrogens is 952 g/mol. The Morgan fingerprint density at radius 1 is 0.753 bits per heavy atom. The zero-order valence-electron chi connectivity index (χ0n) is 43.8. The van der Waals surface area contributed by atoms with Gasteiger partial charge in [-0.15, -0.1) is 0 Å². The fourth-order valence-electron chi connectivity index (χ4n) is 8.96. The molecule has 2 aliphatic rings. The number of carbonyl (C=O) groups excluding carboxylic acids is 8. The lowest BCUT2D eigenvalue weighted by Gasteiger charge is -2.36. The van der Waals surface area contributed by atoms with Crippen LogP contribution in [0, 0.1) is 11.3 Å². The highest BCUT2D eigenvalue weighted by Crippen LogP contribution is 2.31. The molecule has 0 spiro atoms. The van der Waals surface area contributed by atoms with E-state index < -0.39 is 89.2 Å². The van der Waals surface area contributed by atoms with E-state index in [-0.39, 0.29) is 60.8 Å². The van der Waals surface area contributed by atoms with Gasteiger partial charge in [0.1, 0.15) is 30.2 Å². The predicted molar refractivity (Wildman–Crippen MR) is 280 cm³/mol. The SMILES string of the molecule is CN[C@@H](C)C(=O)N[C@H](C(=O)N1C[C@@H](NC(=O)c2cccc(C(=O)NCC[C@H](NC(=O)[C@@H](NC(=O)[C@H](C)N(C)Cl)C(C)C)C(=O)N[C@H](C)c3ccccc3)c2)C[C@H]1C(=O)N[C@@H]1CCCc2ccccc21)C(C)(C)C. The summed E-state index contributed by atoms with van der Waals surface area (Å²) in [6, 6.07) is 16.5. The molecule has 0 saturated carbocycles. The number of likely N-dealkylation sites (N-methyl/N-ethyl adjacent to an activating group) is 2. The lowest BCUT2D eigenvalue weighted by atomic mass is 9.85. The highest BCUT2D eigenvalue weighted by molar-refractivity contribution is 6.14. The summed E-state index contributed by atoms with van der Waals surface area (Å²) in [4.78, 5) is 112. The second kappa shape index (κ2) is 26.0. The summed E-state index contributed by atoms with van der Waals surface area (Å²) >= 11 is 6.01. The van der Waals surface area contributed by atoms with Crippen LogP contribution in [0.25, 0.3) is 0 Å². The van der Waals surface area contributed by atoms with Gasteiger partial charge in [-0.25, -0.2) is 4.42 Å². The molecule has 8 N–H and O–H groups in total. The van der Waals surface area contributed by atoms with Gasteiger partial charge in [0.25, 0.3) is 11.8 Å². The number of amides is 8. The molecule has 1 heterocycles. The third-order valence-corrected chi connectivity index (χ3v) is 14.0. The standard InChI is InChI=1S/C54H75ClN10O8/c1-31(2)44(62-47(67)34(5)64(10)55)52(72)61-42(50(70)58-32(3)35-18-12-11-13-19-35)26-27-57-48(68)37-22-16-23-38(28-37)49(69)59-39-29-43(51(71)60-41-25-17-21-36-20-14-15-24-40(36)41)65(30-39)53(73)45(54(6,7)8)63-46(66)33(4)56-9/h11-16,18-20,22-24,28,31-34,39,41-45,56H,17,21,25-27,29-30H2,1-10H3,(H,57,68)(H,58,70)(H,59,69)(H,60,71)(H,61,72)(H,62,67)(H,63,66)/t32-,33+,34+,39+,41-,42+,43+,44+,45-/m1/s1. The first kappa shape index (κ1) is 57.5. The minimum atomic E-state index is -1.13. The van der Waals surface area contributed by atoms with Crippen molar-refractivity contribution in [1.29, 1.82) is 0 Å². The van der Waals surface area contributed by atoms with Gasteiger partial charge in [0.15, 0.2) is 0 Å². The monoisotopic (exact) mass is 1030 g/mol. The molecule has 9 atom stereocenters. The van der Waals surface area contributed by atoms with Gasteiger partial charge in [-0.05, 0) is 118 Å². The maximum absolute atomic E-state index is 14.6. The molecule has 19 heteroatoms. The number of fused-ring (bicyclic) bond motifs is 1. The van der Waals surface area contributed by atoms with E-state index in [9.17, 15) is 38.4 Å². The molecule has 1 aliphatic carbocycles. The maximum atomic E-state index is 14.6. The van der Waals surface area contributed by atoms with Gasteiger partial charge in [0, 0.05) is 37.3 Å². The Morgan fingerprint density at radius 2 is 1.41 bits per heavy atom. The number of carbonyl (C=O) groups is 8. The normalized spacial score (nSPS) is 19.0. The van der Waals surface area contributed by atoms with Crippen LogP contribution in [0.4, 0.5) is 0 Å². The van der Waals surface area contributed by atoms with E-state index >= 15 is 0 Å². The molecule has 8 amide bonds. The van der Waals surface area contributed by atoms with Gasteiger partial charge in [-0.3, -0.25) is 38.4 Å². The van der Waals surface area contributed by atoms with Crippen molar-refractivity contribution < 1.29 is 38.4 Å². The quantitative estimate of drug-likeness (QED) is 0.0719. The lowest BCUT2D eigenvalue weighted by molar-refractivity contribution is -0.144. The summed E-state index contributed by atoms with van der Waals surface area (Å²) in [6.07, 6.45) is 2.57. The lowest BCUT2D eigenvalue weighted by Crippen LogP contribution is -2.59. The molecule has 0 aromatic heterocycles. The molecule has 1 fully saturated rings. The molecule has 73 heavy (non-hydrogen) atoms. The van der Waals surface area contributed by atoms with Crippen LogP contribution < -0.4 is 42.5 Å². The number of benzene rings is 3. The van der Waals surface area contributed by atoms with Crippen molar-refractivity contribution in [3.8, 4) is 0 Å². The zero-order chi connectivity index (χ0) is 53.7. The van der Waals surface area contributed by atoms with Crippen molar-refractivity contribution >= 4 is 59.0 Å². The van der Waals surface area contributed by atoms with Crippen LogP contribution in [0.5, 0.6) is 0 Å². The van der Waals surface area contributed by atoms with Crippen LogP contribution in [0.15, 0.2) is 78.9 Å². The smallest absolute Gasteiger partial charge is 0.251 e. The molecule has 1 aliphatic heterocycles. The average Bonchev–Trinajstić information content (AvgIpc) is 3.79. The van der Waals surface area contributed by atoms with Gasteiger partial charge in [0.2, 0.25) is 35.4 Å². The Kier molecular flexibility index (Phi) is 20.5. The minimum Gasteiger partial charge on any atom is -0.352 e. The van der Waals surface area contributed by atoms with E-state index in [1.165, 1.54) is 28.5 Å². The summed E-state index contributed by atoms with van der Waals surface area (Å²) in [7, 11) is 3.17. The molecule has 5 rings (SSSR count). The topological polar surface area (TPSA) is 239 Å². The van der Waals surface area contributed by atoms with Crippen LogP contribution >= 0.6 is 11.8 Å². The summed E-state index contributed by atoms with van der Waals surface area (Å²) in [5.41, 5.74) is 2.57. The third-order valence-electron chi connectivity index (χ3n) is 13.7. The number of hydrogen-bond donors (Lipinski definition) is 8. The fourth-order valence-corrected chi connectivity index (χ4v) is 9.05. The number of nitrogens with one attached hydrogen (secondary N) is 8. The van der Waals surface area contributed by atoms with E-state index in [0.717, 1.165) is 36.0 Å². The molecule has 0 radical (unpaired) electrons. The van der Waals surface area contributed by atoms with Crippen LogP contribution in [-0.2, 0) is 35.2 Å². The van der Waals surface area contributed by atoms with Crippen molar-refractivity contribution in [1.82, 2.24) is 51.9 Å². The van der Waals surface area contributed by atoms with Gasteiger partial charge >= 0.3 is 0 Å². The molecular formula is C54H75ClN10O8. The molecule has 1 saturated heterocycles. The fraction of sp³-hybridized carbons (Fsp3) is 0.519. The average molecular weight is 1030 g/mol. The number of rotatable bonds is 21. The van der Waals surface area contributed by atoms with E-state index in [0.29, 0.717) is 0 Å². The van der Waals surface area contributed by atoms with Crippen molar-refractivity contribution in [2.75, 3.05) is 27.2 Å². The largest absolute Gasteiger partial charge is 0.352 e. The summed E-state index contributed by atoms with van der Waals surface area (Å²) in [5.74, 6) is -4.22. The van der Waals surface area contributed by atoms with Crippen molar-refractivity contribution in [2.45, 2.75) is 142 Å². The van der Waals surface area contributed by atoms with E-state index in [1.54, 1.807) is 46.9 Å². The summed E-state index contributed by atoms with van der Waals surface area (Å²) in [5, 5.41) is 23.3. The molecule has 0 bridgehead atoms. The Hall–Kier alpha value is -6.37. The van der Waals surface area contributed by atoms with E-state index in [4.69, 9.17) is 11.8 Å². The van der Waals surface area contributed by atoms with Crippen LogP contribution in [0.2, 0.25) is 0 Å². The van der Waals surface area contributed by atoms with E-state index in [1.807, 2.05) is 76.2 Å².